The van der Waals surface area contributed by atoms with E-state index in [-0.39, 0.29) is 11.5 Å². The molecule has 1 aromatic carbocycles. The molecule has 21 heavy (non-hydrogen) atoms. The summed E-state index contributed by atoms with van der Waals surface area (Å²) in [5.74, 6) is -2.06. The molecule has 0 saturated carbocycles. The zero-order chi connectivity index (χ0) is 15.2. The zero-order valence-electron chi connectivity index (χ0n) is 10.4. The van der Waals surface area contributed by atoms with Crippen LogP contribution in [0.4, 0.5) is 14.6 Å². The van der Waals surface area contributed by atoms with Crippen molar-refractivity contribution < 1.29 is 17.2 Å². The summed E-state index contributed by atoms with van der Waals surface area (Å²) in [6, 6.07) is 5.09. The fourth-order valence-corrected chi connectivity index (χ4v) is 3.18. The summed E-state index contributed by atoms with van der Waals surface area (Å²) in [4.78, 5) is 3.32. The molecule has 3 aromatic rings. The highest BCUT2D eigenvalue weighted by atomic mass is 32.2. The van der Waals surface area contributed by atoms with E-state index in [0.29, 0.717) is 27.7 Å². The fourth-order valence-electron chi connectivity index (χ4n) is 1.89. The lowest BCUT2D eigenvalue weighted by Gasteiger charge is -2.05. The average molecular weight is 310 g/mol. The molecule has 0 aliphatic heterocycles. The molecule has 0 fully saturated rings. The molecule has 0 aliphatic rings. The number of rotatable bonds is 2. The largest absolute Gasteiger partial charge is 0.382 e. The number of anilines is 1. The number of nitrogens with two attached hydrogens (primary N) is 1. The minimum absolute atomic E-state index is 0.0142. The van der Waals surface area contributed by atoms with Crippen molar-refractivity contribution in [2.75, 3.05) is 5.73 Å². The van der Waals surface area contributed by atoms with Gasteiger partial charge in [-0.25, -0.2) is 13.8 Å². The number of halogens is 2. The Labute approximate surface area is 117 Å². The van der Waals surface area contributed by atoms with Gasteiger partial charge in [-0.05, 0) is 24.3 Å². The van der Waals surface area contributed by atoms with Crippen molar-refractivity contribution in [2.24, 2.45) is 0 Å². The van der Waals surface area contributed by atoms with Crippen molar-refractivity contribution in [1.82, 2.24) is 14.2 Å². The van der Waals surface area contributed by atoms with Gasteiger partial charge in [0, 0.05) is 12.3 Å². The summed E-state index contributed by atoms with van der Waals surface area (Å²) < 4.78 is 51.9. The minimum atomic E-state index is -4.31. The van der Waals surface area contributed by atoms with Crippen LogP contribution < -0.4 is 5.73 Å². The molecule has 9 heteroatoms. The van der Waals surface area contributed by atoms with Crippen LogP contribution in [0.1, 0.15) is 0 Å². The molecule has 0 spiro atoms. The van der Waals surface area contributed by atoms with E-state index in [2.05, 4.69) is 10.1 Å². The molecule has 6 nitrogen and oxygen atoms in total. The molecule has 2 heterocycles. The van der Waals surface area contributed by atoms with Gasteiger partial charge in [-0.1, -0.05) is 0 Å². The maximum Gasteiger partial charge on any atom is 0.285 e. The van der Waals surface area contributed by atoms with Gasteiger partial charge in [-0.3, -0.25) is 0 Å². The highest BCUT2D eigenvalue weighted by molar-refractivity contribution is 7.90. The van der Waals surface area contributed by atoms with E-state index in [9.17, 15) is 17.2 Å². The van der Waals surface area contributed by atoms with E-state index in [0.717, 1.165) is 0 Å². The molecule has 0 atom stereocenters. The summed E-state index contributed by atoms with van der Waals surface area (Å²) in [5, 5.41) is 4.03. The van der Waals surface area contributed by atoms with E-state index in [1.54, 1.807) is 12.1 Å². The number of aromatic nitrogens is 3. The van der Waals surface area contributed by atoms with Gasteiger partial charge in [-0.2, -0.15) is 8.42 Å². The van der Waals surface area contributed by atoms with Crippen LogP contribution in [0.15, 0.2) is 41.4 Å². The Morgan fingerprint density at radius 3 is 2.48 bits per heavy atom. The maximum absolute atomic E-state index is 13.2. The monoisotopic (exact) mass is 310 g/mol. The van der Waals surface area contributed by atoms with E-state index in [1.165, 1.54) is 6.20 Å². The summed E-state index contributed by atoms with van der Waals surface area (Å²) in [6.07, 6.45) is 1.36. The molecule has 3 rings (SSSR count). The minimum Gasteiger partial charge on any atom is -0.382 e. The standard InChI is InChI=1S/C12H8F2N4O2S/c13-7-4-8(14)6-9(5-7)21(19,20)18-12-10(11(15)17-18)2-1-3-16-12/h1-6H,(H2,15,17). The van der Waals surface area contributed by atoms with Crippen molar-refractivity contribution in [3.05, 3.63) is 48.2 Å². The lowest BCUT2D eigenvalue weighted by molar-refractivity contribution is 0.561. The number of hydrogen-bond acceptors (Lipinski definition) is 5. The third-order valence-corrected chi connectivity index (χ3v) is 4.35. The Balaban J connectivity index is 2.30. The Kier molecular flexibility index (Phi) is 2.87. The topological polar surface area (TPSA) is 90.9 Å². The molecule has 2 N–H and O–H groups in total. The third-order valence-electron chi connectivity index (χ3n) is 2.80. The van der Waals surface area contributed by atoms with E-state index in [1.807, 2.05) is 0 Å². The number of fused-ring (bicyclic) bond motifs is 1. The van der Waals surface area contributed by atoms with Crippen molar-refractivity contribution in [2.45, 2.75) is 4.90 Å². The normalized spacial score (nSPS) is 11.9. The first-order valence-corrected chi connectivity index (χ1v) is 7.14. The van der Waals surface area contributed by atoms with Crippen molar-refractivity contribution in [1.29, 1.82) is 0 Å². The number of hydrogen-bond donors (Lipinski definition) is 1. The Bertz CT molecular complexity index is 933. The molecule has 0 amide bonds. The molecule has 0 radical (unpaired) electrons. The van der Waals surface area contributed by atoms with E-state index in [4.69, 9.17) is 5.73 Å². The first-order chi connectivity index (χ1) is 9.89. The number of benzene rings is 1. The van der Waals surface area contributed by atoms with Crippen LogP contribution in [0.3, 0.4) is 0 Å². The van der Waals surface area contributed by atoms with Gasteiger partial charge < -0.3 is 5.73 Å². The Morgan fingerprint density at radius 1 is 1.14 bits per heavy atom. The summed E-state index contributed by atoms with van der Waals surface area (Å²) in [7, 11) is -4.31. The molecule has 2 aromatic heterocycles. The third kappa shape index (κ3) is 2.11. The van der Waals surface area contributed by atoms with Crippen LogP contribution in [0, 0.1) is 11.6 Å². The van der Waals surface area contributed by atoms with Gasteiger partial charge in [0.15, 0.2) is 11.5 Å². The molecular formula is C12H8F2N4O2S. The van der Waals surface area contributed by atoms with Crippen LogP contribution >= 0.6 is 0 Å². The average Bonchev–Trinajstić information content (AvgIpc) is 2.76. The van der Waals surface area contributed by atoms with Gasteiger partial charge in [0.1, 0.15) is 11.6 Å². The number of nitrogen functional groups attached to an aromatic ring is 1. The van der Waals surface area contributed by atoms with Crippen LogP contribution in [-0.2, 0) is 10.0 Å². The highest BCUT2D eigenvalue weighted by Gasteiger charge is 2.24. The molecule has 0 aliphatic carbocycles. The molecular weight excluding hydrogens is 302 g/mol. The Hall–Kier alpha value is -2.55. The first-order valence-electron chi connectivity index (χ1n) is 5.70. The quantitative estimate of drug-likeness (QED) is 0.775. The lowest BCUT2D eigenvalue weighted by Crippen LogP contribution is -2.15. The van der Waals surface area contributed by atoms with Gasteiger partial charge in [-0.15, -0.1) is 9.19 Å². The van der Waals surface area contributed by atoms with Gasteiger partial charge in [0.05, 0.1) is 10.3 Å². The fraction of sp³-hybridized carbons (Fsp3) is 0. The van der Waals surface area contributed by atoms with Crippen LogP contribution in [0.2, 0.25) is 0 Å². The number of nitrogens with zero attached hydrogens (tertiary/aromatic N) is 3. The van der Waals surface area contributed by atoms with E-state index < -0.39 is 26.6 Å². The van der Waals surface area contributed by atoms with Gasteiger partial charge in [0.25, 0.3) is 10.0 Å². The highest BCUT2D eigenvalue weighted by Crippen LogP contribution is 2.23. The van der Waals surface area contributed by atoms with E-state index >= 15 is 0 Å². The molecule has 0 bridgehead atoms. The molecule has 108 valence electrons. The van der Waals surface area contributed by atoms with Gasteiger partial charge >= 0.3 is 0 Å². The molecule has 0 saturated heterocycles. The number of pyridine rings is 1. The summed E-state index contributed by atoms with van der Waals surface area (Å²) in [5.41, 5.74) is 5.61. The first kappa shape index (κ1) is 13.4. The van der Waals surface area contributed by atoms with Crippen molar-refractivity contribution in [3.8, 4) is 0 Å². The van der Waals surface area contributed by atoms with Crippen LogP contribution in [0.5, 0.6) is 0 Å². The maximum atomic E-state index is 13.2. The zero-order valence-corrected chi connectivity index (χ0v) is 11.2. The summed E-state index contributed by atoms with van der Waals surface area (Å²) in [6.45, 7) is 0. The lowest BCUT2D eigenvalue weighted by atomic mass is 10.3. The second-order valence-electron chi connectivity index (χ2n) is 4.21. The van der Waals surface area contributed by atoms with Gasteiger partial charge in [0.2, 0.25) is 0 Å². The van der Waals surface area contributed by atoms with Crippen molar-refractivity contribution in [3.63, 3.8) is 0 Å². The summed E-state index contributed by atoms with van der Waals surface area (Å²) >= 11 is 0. The second kappa shape index (κ2) is 4.48. The predicted octanol–water partition coefficient (Wildman–Crippen LogP) is 1.53. The predicted molar refractivity (Wildman–Crippen MR) is 70.9 cm³/mol. The Morgan fingerprint density at radius 2 is 1.81 bits per heavy atom. The van der Waals surface area contributed by atoms with Crippen molar-refractivity contribution >= 4 is 26.9 Å². The smallest absolute Gasteiger partial charge is 0.285 e. The molecule has 0 unspecified atom stereocenters. The van der Waals surface area contributed by atoms with Crippen LogP contribution in [-0.4, -0.2) is 22.6 Å². The van der Waals surface area contributed by atoms with Crippen LogP contribution in [0.25, 0.3) is 11.0 Å². The SMILES string of the molecule is Nc1nn(S(=O)(=O)c2cc(F)cc(F)c2)c2ncccc12. The second-order valence-corrected chi connectivity index (χ2v) is 5.98.